The number of benzene rings is 1. The van der Waals surface area contributed by atoms with Crippen LogP contribution in [0.4, 0.5) is 0 Å². The van der Waals surface area contributed by atoms with Crippen LogP contribution in [0.2, 0.25) is 5.02 Å². The van der Waals surface area contributed by atoms with E-state index in [1.54, 1.807) is 12.1 Å². The maximum absolute atomic E-state index is 12.1. The molecule has 0 heterocycles. The standard InChI is InChI=1S/C16H19ClN2O3/c17-11-5-6-13(12(7-11)16(18)21)22-8-14(20)19-15(9-1-2-9)10-3-4-10/h5-7,9-10,15H,1-4,8H2,(H2,18,21)(H,19,20). The lowest BCUT2D eigenvalue weighted by Crippen LogP contribution is -2.40. The SMILES string of the molecule is NC(=O)c1cc(Cl)ccc1OCC(=O)NC(C1CC1)C1CC1. The molecule has 0 saturated heterocycles. The van der Waals surface area contributed by atoms with Crippen molar-refractivity contribution in [3.63, 3.8) is 0 Å². The van der Waals surface area contributed by atoms with E-state index in [0.29, 0.717) is 16.9 Å². The molecular formula is C16H19ClN2O3. The van der Waals surface area contributed by atoms with Crippen molar-refractivity contribution in [1.29, 1.82) is 0 Å². The predicted molar refractivity (Wildman–Crippen MR) is 82.8 cm³/mol. The molecule has 0 bridgehead atoms. The molecule has 118 valence electrons. The summed E-state index contributed by atoms with van der Waals surface area (Å²) < 4.78 is 5.44. The largest absolute Gasteiger partial charge is 0.483 e. The third-order valence-electron chi connectivity index (χ3n) is 4.15. The number of hydrogen-bond donors (Lipinski definition) is 2. The predicted octanol–water partition coefficient (Wildman–Crippen LogP) is 2.12. The number of carbonyl (C=O) groups excluding carboxylic acids is 2. The van der Waals surface area contributed by atoms with Crippen molar-refractivity contribution in [1.82, 2.24) is 5.32 Å². The fraction of sp³-hybridized carbons (Fsp3) is 0.500. The van der Waals surface area contributed by atoms with E-state index in [1.807, 2.05) is 0 Å². The summed E-state index contributed by atoms with van der Waals surface area (Å²) in [6, 6.07) is 4.87. The van der Waals surface area contributed by atoms with Crippen molar-refractivity contribution in [2.75, 3.05) is 6.61 Å². The van der Waals surface area contributed by atoms with Gasteiger partial charge in [-0.25, -0.2) is 0 Å². The summed E-state index contributed by atoms with van der Waals surface area (Å²) in [6.07, 6.45) is 4.80. The minimum Gasteiger partial charge on any atom is -0.483 e. The van der Waals surface area contributed by atoms with E-state index in [4.69, 9.17) is 22.1 Å². The molecule has 6 heteroatoms. The molecule has 0 aliphatic heterocycles. The van der Waals surface area contributed by atoms with E-state index in [0.717, 1.165) is 0 Å². The highest BCUT2D eigenvalue weighted by atomic mass is 35.5. The second-order valence-corrected chi connectivity index (χ2v) is 6.50. The number of rotatable bonds is 7. The van der Waals surface area contributed by atoms with Crippen LogP contribution in [0.15, 0.2) is 18.2 Å². The lowest BCUT2D eigenvalue weighted by molar-refractivity contribution is -0.124. The summed E-state index contributed by atoms with van der Waals surface area (Å²) in [7, 11) is 0. The van der Waals surface area contributed by atoms with Crippen LogP contribution < -0.4 is 15.8 Å². The monoisotopic (exact) mass is 322 g/mol. The van der Waals surface area contributed by atoms with Crippen LogP contribution in [0, 0.1) is 11.8 Å². The van der Waals surface area contributed by atoms with E-state index in [1.165, 1.54) is 31.7 Å². The zero-order chi connectivity index (χ0) is 15.7. The Bertz CT molecular complexity index is 585. The topological polar surface area (TPSA) is 81.4 Å². The quantitative estimate of drug-likeness (QED) is 0.806. The van der Waals surface area contributed by atoms with Gasteiger partial charge in [0.15, 0.2) is 6.61 Å². The van der Waals surface area contributed by atoms with Crippen molar-refractivity contribution < 1.29 is 14.3 Å². The van der Waals surface area contributed by atoms with Crippen molar-refractivity contribution in [2.24, 2.45) is 17.6 Å². The van der Waals surface area contributed by atoms with Crippen LogP contribution in [0.25, 0.3) is 0 Å². The summed E-state index contributed by atoms with van der Waals surface area (Å²) in [4.78, 5) is 23.4. The molecule has 0 radical (unpaired) electrons. The first-order chi connectivity index (χ1) is 10.5. The van der Waals surface area contributed by atoms with Gasteiger partial charge in [0.25, 0.3) is 11.8 Å². The van der Waals surface area contributed by atoms with Gasteiger partial charge in [-0.3, -0.25) is 9.59 Å². The van der Waals surface area contributed by atoms with Crippen LogP contribution in [0.5, 0.6) is 5.75 Å². The fourth-order valence-corrected chi connectivity index (χ4v) is 2.89. The molecule has 2 aliphatic carbocycles. The summed E-state index contributed by atoms with van der Waals surface area (Å²) in [5, 5.41) is 3.46. The van der Waals surface area contributed by atoms with Gasteiger partial charge in [0.1, 0.15) is 5.75 Å². The van der Waals surface area contributed by atoms with E-state index in [9.17, 15) is 9.59 Å². The zero-order valence-electron chi connectivity index (χ0n) is 12.2. The van der Waals surface area contributed by atoms with Gasteiger partial charge in [-0.15, -0.1) is 0 Å². The molecule has 3 rings (SSSR count). The molecule has 0 atom stereocenters. The van der Waals surface area contributed by atoms with E-state index < -0.39 is 5.91 Å². The normalized spacial score (nSPS) is 17.4. The second-order valence-electron chi connectivity index (χ2n) is 6.06. The van der Waals surface area contributed by atoms with Gasteiger partial charge < -0.3 is 15.8 Å². The average Bonchev–Trinajstić information content (AvgIpc) is 3.37. The van der Waals surface area contributed by atoms with Gasteiger partial charge in [0.2, 0.25) is 0 Å². The highest BCUT2D eigenvalue weighted by Gasteiger charge is 2.42. The molecule has 0 aromatic heterocycles. The van der Waals surface area contributed by atoms with Crippen molar-refractivity contribution in [3.8, 4) is 5.75 Å². The summed E-state index contributed by atoms with van der Waals surface area (Å²) >= 11 is 5.83. The number of halogens is 1. The lowest BCUT2D eigenvalue weighted by Gasteiger charge is -2.18. The number of amides is 2. The molecule has 5 nitrogen and oxygen atoms in total. The fourth-order valence-electron chi connectivity index (χ4n) is 2.72. The van der Waals surface area contributed by atoms with Gasteiger partial charge in [0.05, 0.1) is 5.56 Å². The third kappa shape index (κ3) is 3.71. The smallest absolute Gasteiger partial charge is 0.258 e. The Morgan fingerprint density at radius 3 is 2.45 bits per heavy atom. The van der Waals surface area contributed by atoms with Crippen molar-refractivity contribution >= 4 is 23.4 Å². The van der Waals surface area contributed by atoms with E-state index in [-0.39, 0.29) is 29.9 Å². The molecule has 2 amide bonds. The number of nitrogens with one attached hydrogen (secondary N) is 1. The van der Waals surface area contributed by atoms with Crippen LogP contribution in [-0.2, 0) is 4.79 Å². The van der Waals surface area contributed by atoms with Crippen LogP contribution >= 0.6 is 11.6 Å². The number of ether oxygens (including phenoxy) is 1. The minimum absolute atomic E-state index is 0.127. The highest BCUT2D eigenvalue weighted by molar-refractivity contribution is 6.31. The third-order valence-corrected chi connectivity index (χ3v) is 4.39. The zero-order valence-corrected chi connectivity index (χ0v) is 12.9. The molecule has 0 spiro atoms. The molecule has 1 aromatic carbocycles. The lowest BCUT2D eigenvalue weighted by atomic mass is 10.1. The average molecular weight is 323 g/mol. The van der Waals surface area contributed by atoms with Crippen molar-refractivity contribution in [3.05, 3.63) is 28.8 Å². The first-order valence-corrected chi connectivity index (χ1v) is 7.94. The number of nitrogens with two attached hydrogens (primary N) is 1. The first kappa shape index (κ1) is 15.2. The Morgan fingerprint density at radius 1 is 1.27 bits per heavy atom. The van der Waals surface area contributed by atoms with Gasteiger partial charge in [-0.2, -0.15) is 0 Å². The molecule has 2 saturated carbocycles. The van der Waals surface area contributed by atoms with Crippen molar-refractivity contribution in [2.45, 2.75) is 31.7 Å². The molecule has 2 fully saturated rings. The number of carbonyl (C=O) groups is 2. The molecule has 0 unspecified atom stereocenters. The van der Waals surface area contributed by atoms with Crippen LogP contribution in [0.3, 0.4) is 0 Å². The van der Waals surface area contributed by atoms with Gasteiger partial charge in [-0.1, -0.05) is 11.6 Å². The van der Waals surface area contributed by atoms with Crippen LogP contribution in [0.1, 0.15) is 36.0 Å². The second kappa shape index (κ2) is 6.16. The Morgan fingerprint density at radius 2 is 1.91 bits per heavy atom. The van der Waals surface area contributed by atoms with E-state index >= 15 is 0 Å². The summed E-state index contributed by atoms with van der Waals surface area (Å²) in [5.41, 5.74) is 5.47. The first-order valence-electron chi connectivity index (χ1n) is 7.56. The number of hydrogen-bond acceptors (Lipinski definition) is 3. The van der Waals surface area contributed by atoms with Gasteiger partial charge in [0, 0.05) is 11.1 Å². The van der Waals surface area contributed by atoms with Gasteiger partial charge in [-0.05, 0) is 55.7 Å². The minimum atomic E-state index is -0.633. The van der Waals surface area contributed by atoms with E-state index in [2.05, 4.69) is 5.32 Å². The molecule has 2 aliphatic rings. The molecule has 22 heavy (non-hydrogen) atoms. The Balaban J connectivity index is 1.57. The maximum atomic E-state index is 12.1. The highest BCUT2D eigenvalue weighted by Crippen LogP contribution is 2.44. The Kier molecular flexibility index (Phi) is 4.25. The summed E-state index contributed by atoms with van der Waals surface area (Å²) in [5.74, 6) is 0.753. The molecule has 1 aromatic rings. The Hall–Kier alpha value is -1.75. The molecule has 3 N–H and O–H groups in total. The Labute approximate surface area is 134 Å². The van der Waals surface area contributed by atoms with Gasteiger partial charge >= 0.3 is 0 Å². The summed E-state index contributed by atoms with van der Waals surface area (Å²) in [6.45, 7) is -0.127. The maximum Gasteiger partial charge on any atom is 0.258 e. The van der Waals surface area contributed by atoms with Crippen LogP contribution in [-0.4, -0.2) is 24.5 Å². The number of primary amides is 1. The molecular weight excluding hydrogens is 304 g/mol.